The molecule has 4 aliphatic rings. The summed E-state index contributed by atoms with van der Waals surface area (Å²) >= 11 is 1.51. The maximum Gasteiger partial charge on any atom is 0.408 e. The highest BCUT2D eigenvalue weighted by atomic mass is 32.2. The molecule has 1 atom stereocenters. The zero-order valence-electron chi connectivity index (χ0n) is 24.1. The first-order valence-corrected chi connectivity index (χ1v) is 15.2. The van der Waals surface area contributed by atoms with E-state index in [2.05, 4.69) is 31.6 Å². The van der Waals surface area contributed by atoms with E-state index in [-0.39, 0.29) is 17.0 Å². The van der Waals surface area contributed by atoms with Crippen molar-refractivity contribution >= 4 is 29.5 Å². The van der Waals surface area contributed by atoms with Crippen LogP contribution in [-0.2, 0) is 15.9 Å². The van der Waals surface area contributed by atoms with E-state index in [9.17, 15) is 4.79 Å². The molecule has 2 saturated heterocycles. The summed E-state index contributed by atoms with van der Waals surface area (Å²) in [5.41, 5.74) is 1.30. The molecule has 0 unspecified atom stereocenters. The van der Waals surface area contributed by atoms with Gasteiger partial charge in [0.15, 0.2) is 11.6 Å². The van der Waals surface area contributed by atoms with E-state index in [1.54, 1.807) is 6.20 Å². The fourth-order valence-corrected chi connectivity index (χ4v) is 7.12. The Morgan fingerprint density at radius 1 is 1.10 bits per heavy atom. The second kappa shape index (κ2) is 10.3. The highest BCUT2D eigenvalue weighted by Gasteiger charge is 2.49. The Labute approximate surface area is 249 Å². The average molecular weight is 590 g/mol. The molecule has 12 heteroatoms. The lowest BCUT2D eigenvalue weighted by molar-refractivity contribution is -0.0652. The third kappa shape index (κ3) is 5.11. The summed E-state index contributed by atoms with van der Waals surface area (Å²) in [7, 11) is 0. The van der Waals surface area contributed by atoms with Crippen LogP contribution < -0.4 is 20.3 Å². The number of piperidine rings is 1. The van der Waals surface area contributed by atoms with Crippen LogP contribution in [0.15, 0.2) is 52.9 Å². The molecule has 6 heterocycles. The third-order valence-electron chi connectivity index (χ3n) is 8.44. The number of rotatable bonds is 4. The number of fused-ring (bicyclic) bond motifs is 2. The van der Waals surface area contributed by atoms with E-state index < -0.39 is 11.7 Å². The summed E-state index contributed by atoms with van der Waals surface area (Å²) in [6.07, 6.45) is 9.49. The number of hydrogen-bond acceptors (Lipinski definition) is 11. The largest absolute Gasteiger partial charge is 0.486 e. The quantitative estimate of drug-likeness (QED) is 0.450. The van der Waals surface area contributed by atoms with Crippen LogP contribution in [0.1, 0.15) is 50.9 Å². The Morgan fingerprint density at radius 2 is 1.93 bits per heavy atom. The lowest BCUT2D eigenvalue weighted by Crippen LogP contribution is -2.61. The number of carbonyl (C=O) groups excluding carboxylic acids is 1. The van der Waals surface area contributed by atoms with Gasteiger partial charge in [-0.2, -0.15) is 0 Å². The maximum absolute atomic E-state index is 12.8. The maximum atomic E-state index is 12.8. The van der Waals surface area contributed by atoms with Crippen molar-refractivity contribution < 1.29 is 19.0 Å². The summed E-state index contributed by atoms with van der Waals surface area (Å²) in [6, 6.07) is 5.82. The van der Waals surface area contributed by atoms with Gasteiger partial charge in [-0.05, 0) is 57.7 Å². The van der Waals surface area contributed by atoms with Crippen LogP contribution in [0.3, 0.4) is 0 Å². The Balaban J connectivity index is 1.02. The number of carbonyl (C=O) groups is 1. The first-order chi connectivity index (χ1) is 20.2. The molecule has 0 bridgehead atoms. The van der Waals surface area contributed by atoms with Crippen molar-refractivity contribution in [2.75, 3.05) is 43.1 Å². The van der Waals surface area contributed by atoms with Crippen LogP contribution in [-0.4, -0.2) is 70.1 Å². The van der Waals surface area contributed by atoms with Crippen molar-refractivity contribution in [2.24, 2.45) is 5.41 Å². The Hall–Kier alpha value is -3.64. The minimum absolute atomic E-state index is 0.119. The number of anilines is 2. The van der Waals surface area contributed by atoms with Gasteiger partial charge in [-0.1, -0.05) is 17.8 Å². The van der Waals surface area contributed by atoms with Gasteiger partial charge in [0.1, 0.15) is 28.6 Å². The molecule has 0 radical (unpaired) electrons. The number of pyridine rings is 2. The van der Waals surface area contributed by atoms with Crippen LogP contribution >= 0.6 is 11.8 Å². The van der Waals surface area contributed by atoms with Gasteiger partial charge in [0.05, 0.1) is 36.5 Å². The predicted molar refractivity (Wildman–Crippen MR) is 157 cm³/mol. The predicted octanol–water partition coefficient (Wildman–Crippen LogP) is 4.40. The van der Waals surface area contributed by atoms with E-state index in [4.69, 9.17) is 24.2 Å². The van der Waals surface area contributed by atoms with Crippen LogP contribution in [0.5, 0.6) is 5.75 Å². The molecule has 1 amide bonds. The van der Waals surface area contributed by atoms with Gasteiger partial charge in [-0.25, -0.2) is 19.7 Å². The van der Waals surface area contributed by atoms with Crippen molar-refractivity contribution in [3.8, 4) is 5.75 Å². The lowest BCUT2D eigenvalue weighted by Gasteiger charge is -2.45. The molecule has 2 fully saturated rings. The lowest BCUT2D eigenvalue weighted by atomic mass is 9.73. The molecular formula is C30H35N7O4S. The fraction of sp³-hybridized carbons (Fsp3) is 0.500. The van der Waals surface area contributed by atoms with Gasteiger partial charge in [0, 0.05) is 36.6 Å². The Bertz CT molecular complexity index is 1480. The summed E-state index contributed by atoms with van der Waals surface area (Å²) in [5.74, 6) is 2.33. The highest BCUT2D eigenvalue weighted by molar-refractivity contribution is 7.99. The summed E-state index contributed by atoms with van der Waals surface area (Å²) in [5, 5.41) is 7.47. The van der Waals surface area contributed by atoms with E-state index >= 15 is 0 Å². The third-order valence-corrected chi connectivity index (χ3v) is 9.40. The number of aromatic nitrogens is 4. The number of ether oxygens (including phenoxy) is 3. The smallest absolute Gasteiger partial charge is 0.408 e. The minimum atomic E-state index is -0.560. The van der Waals surface area contributed by atoms with Gasteiger partial charge in [0.2, 0.25) is 0 Å². The summed E-state index contributed by atoms with van der Waals surface area (Å²) < 4.78 is 17.1. The number of amides is 1. The molecular weight excluding hydrogens is 554 g/mol. The minimum Gasteiger partial charge on any atom is -0.486 e. The SMILES string of the molecule is CC(C)(C)OC(=O)N[C@@H]1c2cccnc2CC12CCN(c1cnc(Sc3ccnc4c3OCC3(COC3)N4)cn1)CC2. The van der Waals surface area contributed by atoms with E-state index in [0.29, 0.717) is 19.8 Å². The van der Waals surface area contributed by atoms with Crippen LogP contribution in [0.4, 0.5) is 16.4 Å². The Morgan fingerprint density at radius 3 is 2.64 bits per heavy atom. The monoisotopic (exact) mass is 589 g/mol. The summed E-state index contributed by atoms with van der Waals surface area (Å²) in [6.45, 7) is 9.06. The molecule has 7 rings (SSSR count). The van der Waals surface area contributed by atoms with E-state index in [1.807, 2.05) is 51.5 Å². The molecule has 220 valence electrons. The normalized spacial score (nSPS) is 21.5. The number of nitrogens with one attached hydrogen (secondary N) is 2. The molecule has 42 heavy (non-hydrogen) atoms. The molecule has 3 aromatic rings. The van der Waals surface area contributed by atoms with Gasteiger partial charge < -0.3 is 29.7 Å². The molecule has 0 aromatic carbocycles. The number of alkyl carbamates (subject to hydrolysis) is 1. The molecule has 2 spiro atoms. The standard InChI is InChI=1S/C30H35N7O4S/c1-28(2,3)41-27(38)35-25-19-5-4-9-31-20(19)13-29(25)7-11-37(12-8-29)22-14-34-23(15-33-22)42-21-6-10-32-26-24(21)40-18-30(36-26)16-39-17-30/h4-6,9-10,14-15,25H,7-8,11-13,16-18H2,1-3H3,(H,32,36)(H,35,38)/t25-/m1/s1. The molecule has 3 aliphatic heterocycles. The molecule has 0 saturated carbocycles. The molecule has 11 nitrogen and oxygen atoms in total. The van der Waals surface area contributed by atoms with Crippen molar-refractivity contribution in [1.82, 2.24) is 25.3 Å². The first-order valence-electron chi connectivity index (χ1n) is 14.4. The first kappa shape index (κ1) is 27.2. The van der Waals surface area contributed by atoms with E-state index in [0.717, 1.165) is 70.9 Å². The van der Waals surface area contributed by atoms with Crippen molar-refractivity contribution in [2.45, 2.75) is 67.1 Å². The number of nitrogens with zero attached hydrogens (tertiary/aromatic N) is 5. The van der Waals surface area contributed by atoms with Gasteiger partial charge in [0.25, 0.3) is 0 Å². The summed E-state index contributed by atoms with van der Waals surface area (Å²) in [4.78, 5) is 34.7. The second-order valence-electron chi connectivity index (χ2n) is 12.6. The van der Waals surface area contributed by atoms with Crippen molar-refractivity contribution in [3.63, 3.8) is 0 Å². The number of hydrogen-bond donors (Lipinski definition) is 2. The highest BCUT2D eigenvalue weighted by Crippen LogP contribution is 2.52. The van der Waals surface area contributed by atoms with E-state index in [1.165, 1.54) is 11.8 Å². The zero-order valence-corrected chi connectivity index (χ0v) is 24.9. The Kier molecular flexibility index (Phi) is 6.65. The molecule has 2 N–H and O–H groups in total. The second-order valence-corrected chi connectivity index (χ2v) is 13.7. The fourth-order valence-electron chi connectivity index (χ4n) is 6.31. The van der Waals surface area contributed by atoms with Crippen molar-refractivity contribution in [1.29, 1.82) is 0 Å². The average Bonchev–Trinajstić information content (AvgIpc) is 3.24. The topological polar surface area (TPSA) is 124 Å². The zero-order chi connectivity index (χ0) is 29.0. The van der Waals surface area contributed by atoms with Crippen LogP contribution in [0, 0.1) is 5.41 Å². The molecule has 3 aromatic heterocycles. The van der Waals surface area contributed by atoms with Gasteiger partial charge in [-0.3, -0.25) is 4.98 Å². The van der Waals surface area contributed by atoms with Crippen LogP contribution in [0.25, 0.3) is 0 Å². The van der Waals surface area contributed by atoms with Gasteiger partial charge in [-0.15, -0.1) is 0 Å². The van der Waals surface area contributed by atoms with Crippen molar-refractivity contribution in [3.05, 3.63) is 54.2 Å². The molecule has 1 aliphatic carbocycles. The van der Waals surface area contributed by atoms with Gasteiger partial charge >= 0.3 is 6.09 Å². The van der Waals surface area contributed by atoms with Crippen LogP contribution in [0.2, 0.25) is 0 Å².